The number of alkyl halides is 3. The van der Waals surface area contributed by atoms with Crippen LogP contribution in [0.4, 0.5) is 13.2 Å². The van der Waals surface area contributed by atoms with E-state index in [9.17, 15) is 13.2 Å². The summed E-state index contributed by atoms with van der Waals surface area (Å²) in [6.45, 7) is 0. The third kappa shape index (κ3) is 3.28. The number of hydrogen-bond donors (Lipinski definition) is 2. The van der Waals surface area contributed by atoms with Gasteiger partial charge in [-0.2, -0.15) is 0 Å². The SMILES string of the molecule is N=C(N)c1cccc(-c2ccccc2OC(F)(F)F)c1. The van der Waals surface area contributed by atoms with Crippen LogP contribution < -0.4 is 10.5 Å². The van der Waals surface area contributed by atoms with E-state index in [-0.39, 0.29) is 17.1 Å². The molecule has 0 bridgehead atoms. The van der Waals surface area contributed by atoms with Crippen molar-refractivity contribution < 1.29 is 17.9 Å². The van der Waals surface area contributed by atoms with Crippen LogP contribution in [-0.4, -0.2) is 12.2 Å². The van der Waals surface area contributed by atoms with Gasteiger partial charge in [0.05, 0.1) is 0 Å². The number of halogens is 3. The second-order valence-electron chi connectivity index (χ2n) is 4.04. The molecule has 0 spiro atoms. The Kier molecular flexibility index (Phi) is 3.65. The van der Waals surface area contributed by atoms with E-state index < -0.39 is 6.36 Å². The van der Waals surface area contributed by atoms with Crippen molar-refractivity contribution in [3.63, 3.8) is 0 Å². The highest BCUT2D eigenvalue weighted by Gasteiger charge is 2.32. The van der Waals surface area contributed by atoms with E-state index in [0.29, 0.717) is 11.1 Å². The second kappa shape index (κ2) is 5.24. The van der Waals surface area contributed by atoms with Crippen molar-refractivity contribution in [2.75, 3.05) is 0 Å². The van der Waals surface area contributed by atoms with Crippen molar-refractivity contribution in [2.24, 2.45) is 5.73 Å². The Labute approximate surface area is 113 Å². The molecular weight excluding hydrogens is 269 g/mol. The lowest BCUT2D eigenvalue weighted by atomic mass is 10.0. The van der Waals surface area contributed by atoms with Crippen LogP contribution in [0.2, 0.25) is 0 Å². The van der Waals surface area contributed by atoms with E-state index in [1.165, 1.54) is 18.2 Å². The smallest absolute Gasteiger partial charge is 0.405 e. The molecule has 6 heteroatoms. The second-order valence-corrected chi connectivity index (χ2v) is 4.04. The summed E-state index contributed by atoms with van der Waals surface area (Å²) in [6, 6.07) is 12.2. The molecule has 0 aliphatic rings. The first-order valence-electron chi connectivity index (χ1n) is 5.66. The number of para-hydroxylation sites is 1. The topological polar surface area (TPSA) is 59.1 Å². The average molecular weight is 280 g/mol. The van der Waals surface area contributed by atoms with Crippen LogP contribution in [0.5, 0.6) is 5.75 Å². The zero-order valence-electron chi connectivity index (χ0n) is 10.2. The van der Waals surface area contributed by atoms with Crippen molar-refractivity contribution in [1.29, 1.82) is 5.41 Å². The maximum atomic E-state index is 12.4. The van der Waals surface area contributed by atoms with Crippen LogP contribution in [0, 0.1) is 5.41 Å². The summed E-state index contributed by atoms with van der Waals surface area (Å²) < 4.78 is 41.1. The fraction of sp³-hybridized carbons (Fsp3) is 0.0714. The van der Waals surface area contributed by atoms with E-state index >= 15 is 0 Å². The highest BCUT2D eigenvalue weighted by Crippen LogP contribution is 2.33. The first-order chi connectivity index (χ1) is 9.37. The lowest BCUT2D eigenvalue weighted by molar-refractivity contribution is -0.274. The number of nitrogen functional groups attached to an aromatic ring is 1. The summed E-state index contributed by atoms with van der Waals surface area (Å²) in [5.41, 5.74) is 6.59. The molecule has 0 aromatic heterocycles. The molecule has 2 aromatic rings. The van der Waals surface area contributed by atoms with E-state index in [2.05, 4.69) is 4.74 Å². The fourth-order valence-electron chi connectivity index (χ4n) is 1.77. The van der Waals surface area contributed by atoms with Crippen LogP contribution >= 0.6 is 0 Å². The predicted octanol–water partition coefficient (Wildman–Crippen LogP) is 3.54. The molecule has 104 valence electrons. The molecule has 0 fully saturated rings. The maximum absolute atomic E-state index is 12.4. The van der Waals surface area contributed by atoms with Gasteiger partial charge in [0.1, 0.15) is 11.6 Å². The number of ether oxygens (including phenoxy) is 1. The first-order valence-corrected chi connectivity index (χ1v) is 5.66. The normalized spacial score (nSPS) is 11.2. The van der Waals surface area contributed by atoms with Gasteiger partial charge in [0.25, 0.3) is 0 Å². The Bertz CT molecular complexity index is 638. The molecule has 0 radical (unpaired) electrons. The van der Waals surface area contributed by atoms with Gasteiger partial charge < -0.3 is 10.5 Å². The van der Waals surface area contributed by atoms with Crippen molar-refractivity contribution in [1.82, 2.24) is 0 Å². The predicted molar refractivity (Wildman–Crippen MR) is 69.6 cm³/mol. The average Bonchev–Trinajstić information content (AvgIpc) is 2.37. The van der Waals surface area contributed by atoms with Gasteiger partial charge in [-0.3, -0.25) is 5.41 Å². The van der Waals surface area contributed by atoms with Crippen LogP contribution in [0.15, 0.2) is 48.5 Å². The van der Waals surface area contributed by atoms with Crippen molar-refractivity contribution >= 4 is 5.84 Å². The third-order valence-corrected chi connectivity index (χ3v) is 2.60. The van der Waals surface area contributed by atoms with E-state index in [1.807, 2.05) is 0 Å². The minimum Gasteiger partial charge on any atom is -0.405 e. The van der Waals surface area contributed by atoms with Gasteiger partial charge in [0.15, 0.2) is 0 Å². The molecule has 0 saturated carbocycles. The summed E-state index contributed by atoms with van der Waals surface area (Å²) >= 11 is 0. The van der Waals surface area contributed by atoms with Crippen LogP contribution in [0.3, 0.4) is 0 Å². The molecule has 2 rings (SSSR count). The Hall–Kier alpha value is -2.50. The molecule has 0 amide bonds. The molecule has 20 heavy (non-hydrogen) atoms. The number of amidine groups is 1. The van der Waals surface area contributed by atoms with Gasteiger partial charge in [-0.1, -0.05) is 36.4 Å². The minimum absolute atomic E-state index is 0.152. The molecule has 3 N–H and O–H groups in total. The molecule has 0 aliphatic heterocycles. The van der Waals surface area contributed by atoms with Crippen molar-refractivity contribution in [3.05, 3.63) is 54.1 Å². The number of nitrogens with two attached hydrogens (primary N) is 1. The molecule has 2 aromatic carbocycles. The van der Waals surface area contributed by atoms with Gasteiger partial charge in [-0.25, -0.2) is 0 Å². The lowest BCUT2D eigenvalue weighted by Gasteiger charge is -2.13. The van der Waals surface area contributed by atoms with Gasteiger partial charge in [-0.15, -0.1) is 13.2 Å². The third-order valence-electron chi connectivity index (χ3n) is 2.60. The monoisotopic (exact) mass is 280 g/mol. The first kappa shape index (κ1) is 13.9. The molecular formula is C14H11F3N2O. The lowest BCUT2D eigenvalue weighted by Crippen LogP contribution is -2.17. The van der Waals surface area contributed by atoms with Gasteiger partial charge in [0, 0.05) is 11.1 Å². The molecule has 0 atom stereocenters. The molecule has 3 nitrogen and oxygen atoms in total. The minimum atomic E-state index is -4.76. The van der Waals surface area contributed by atoms with E-state index in [1.54, 1.807) is 30.3 Å². The zero-order chi connectivity index (χ0) is 14.8. The zero-order valence-corrected chi connectivity index (χ0v) is 10.2. The van der Waals surface area contributed by atoms with Crippen molar-refractivity contribution in [3.8, 4) is 16.9 Å². The van der Waals surface area contributed by atoms with Gasteiger partial charge in [-0.05, 0) is 17.7 Å². The number of benzene rings is 2. The molecule has 0 unspecified atom stereocenters. The Balaban J connectivity index is 2.47. The number of rotatable bonds is 3. The summed E-state index contributed by atoms with van der Waals surface area (Å²) in [7, 11) is 0. The number of nitrogens with one attached hydrogen (secondary N) is 1. The maximum Gasteiger partial charge on any atom is 0.573 e. The Morgan fingerprint density at radius 1 is 1.05 bits per heavy atom. The number of hydrogen-bond acceptors (Lipinski definition) is 2. The molecule has 0 aliphatic carbocycles. The fourth-order valence-corrected chi connectivity index (χ4v) is 1.77. The largest absolute Gasteiger partial charge is 0.573 e. The highest BCUT2D eigenvalue weighted by molar-refractivity contribution is 5.96. The highest BCUT2D eigenvalue weighted by atomic mass is 19.4. The van der Waals surface area contributed by atoms with Crippen LogP contribution in [0.1, 0.15) is 5.56 Å². The summed E-state index contributed by atoms with van der Waals surface area (Å²) in [5.74, 6) is -0.443. The van der Waals surface area contributed by atoms with Crippen LogP contribution in [-0.2, 0) is 0 Å². The molecule has 0 saturated heterocycles. The molecule has 0 heterocycles. The quantitative estimate of drug-likeness (QED) is 0.667. The summed E-state index contributed by atoms with van der Waals surface area (Å²) in [6.07, 6.45) is -4.76. The van der Waals surface area contributed by atoms with E-state index in [0.717, 1.165) is 0 Å². The summed E-state index contributed by atoms with van der Waals surface area (Å²) in [5, 5.41) is 7.36. The van der Waals surface area contributed by atoms with Gasteiger partial charge in [0.2, 0.25) is 0 Å². The van der Waals surface area contributed by atoms with Crippen molar-refractivity contribution in [2.45, 2.75) is 6.36 Å². The Morgan fingerprint density at radius 3 is 2.40 bits per heavy atom. The Morgan fingerprint density at radius 2 is 1.75 bits per heavy atom. The standard InChI is InChI=1S/C14H11F3N2O/c15-14(16,17)20-12-7-2-1-6-11(12)9-4-3-5-10(8-9)13(18)19/h1-8H,(H3,18,19). The van der Waals surface area contributed by atoms with Crippen LogP contribution in [0.25, 0.3) is 11.1 Å². The van der Waals surface area contributed by atoms with Gasteiger partial charge >= 0.3 is 6.36 Å². The summed E-state index contributed by atoms with van der Waals surface area (Å²) in [4.78, 5) is 0. The van der Waals surface area contributed by atoms with E-state index in [4.69, 9.17) is 11.1 Å².